The molecule has 0 radical (unpaired) electrons. The summed E-state index contributed by atoms with van der Waals surface area (Å²) in [6.45, 7) is 9.93. The number of carbonyl (C=O) groups is 1. The summed E-state index contributed by atoms with van der Waals surface area (Å²) in [6.07, 6.45) is -21.1. The topological polar surface area (TPSA) is 335 Å². The second-order valence-electron chi connectivity index (χ2n) is 23.0. The first-order chi connectivity index (χ1) is 31.3. The molecule has 8 rings (SSSR count). The molecule has 8 aliphatic rings. The molecule has 27 atom stereocenters. The first-order valence-electron chi connectivity index (χ1n) is 24.2. The highest BCUT2D eigenvalue weighted by atomic mass is 16.8. The fourth-order valence-corrected chi connectivity index (χ4v) is 14.8. The second-order valence-corrected chi connectivity index (χ2v) is 23.0. The van der Waals surface area contributed by atoms with E-state index in [2.05, 4.69) is 33.8 Å². The van der Waals surface area contributed by atoms with Gasteiger partial charge in [-0.3, -0.25) is 4.79 Å². The number of hydrogen-bond acceptors (Lipinski definition) is 20. The number of aliphatic hydroxyl groups is 13. The molecule has 13 N–H and O–H groups in total. The van der Waals surface area contributed by atoms with Gasteiger partial charge in [-0.05, 0) is 91.8 Å². The van der Waals surface area contributed by atoms with Crippen LogP contribution in [0, 0.1) is 57.2 Å². The Balaban J connectivity index is 0.942. The zero-order chi connectivity index (χ0) is 49.0. The first-order valence-corrected chi connectivity index (χ1v) is 24.2. The maximum absolute atomic E-state index is 14.4. The van der Waals surface area contributed by atoms with Gasteiger partial charge in [-0.1, -0.05) is 46.3 Å². The molecule has 0 aromatic rings. The minimum absolute atomic E-state index is 0.0239. The summed E-state index contributed by atoms with van der Waals surface area (Å²) < 4.78 is 34.3. The van der Waals surface area contributed by atoms with Crippen molar-refractivity contribution in [1.29, 1.82) is 0 Å². The molecule has 5 aliphatic carbocycles. The van der Waals surface area contributed by atoms with Gasteiger partial charge in [0.05, 0.1) is 50.2 Å². The molecule has 20 nitrogen and oxygen atoms in total. The zero-order valence-corrected chi connectivity index (χ0v) is 39.2. The average Bonchev–Trinajstić information content (AvgIpc) is 3.27. The molecular weight excluding hydrogens is 884 g/mol. The summed E-state index contributed by atoms with van der Waals surface area (Å²) >= 11 is 0. The normalized spacial score (nSPS) is 55.2. The summed E-state index contributed by atoms with van der Waals surface area (Å²) in [6, 6.07) is 0. The van der Waals surface area contributed by atoms with Gasteiger partial charge in [0.15, 0.2) is 12.6 Å². The standard InChI is InChI=1S/C47H76O20/c1-18-29(52)31(54)34(57)42(63-18)66-37-27(15-48)64-41(36(59)33(37)56)62-16-28-30(53)32(55)35(58)43(65-28)67-40(61)21-13-44(2,3)12-20-19(21)9-10-45(4)22(20)7-8-23-24(45)11-25(50)38-46(23,5)14-26(51)39(60)47(38,6)17-49/h7,18-21,23-39,41-43,48-60H,8-17H2,1-6H3/t18?,19?,20?,21?,23?,24?,25?,26?,27?,28?,29-,30+,31?,32?,33?,34-,35-,36-,37+,38?,39?,41?,42?,43?,45?,46?,47?/m0/s1. The maximum atomic E-state index is 14.4. The van der Waals surface area contributed by atoms with Crippen molar-refractivity contribution in [1.82, 2.24) is 0 Å². The Morgan fingerprint density at radius 3 is 2.03 bits per heavy atom. The van der Waals surface area contributed by atoms with Crippen LogP contribution in [0.1, 0.15) is 86.5 Å². The molecule has 0 amide bonds. The SMILES string of the molecule is CC1OC(O[C@@H]2C(CO)OC(OCC3OC(OC(=O)C4CC(C)(C)CC5C6=CCC7C(CC(O)C8C(C)(CO)C(O)C(O)CC78C)C6(C)CCC45)[C@@H](O)C(O)[C@@H]3O)[C@@H](O)C2O)[C@@H](O)C(O)[C@H]1O. The van der Waals surface area contributed by atoms with Crippen molar-refractivity contribution >= 4 is 5.97 Å². The highest BCUT2D eigenvalue weighted by molar-refractivity contribution is 5.73. The van der Waals surface area contributed by atoms with Crippen molar-refractivity contribution in [3.05, 3.63) is 11.6 Å². The monoisotopic (exact) mass is 960 g/mol. The Bertz CT molecular complexity index is 1800. The number of fused-ring (bicyclic) bond motifs is 7. The van der Waals surface area contributed by atoms with Crippen LogP contribution in [0.15, 0.2) is 11.6 Å². The Hall–Kier alpha value is -1.51. The number of allylic oxidation sites excluding steroid dienone is 2. The molecule has 20 heteroatoms. The van der Waals surface area contributed by atoms with E-state index in [1.807, 2.05) is 0 Å². The number of rotatable bonds is 9. The van der Waals surface area contributed by atoms with Crippen LogP contribution in [0.4, 0.5) is 0 Å². The van der Waals surface area contributed by atoms with E-state index in [-0.39, 0.29) is 41.1 Å². The predicted molar refractivity (Wildman–Crippen MR) is 228 cm³/mol. The summed E-state index contributed by atoms with van der Waals surface area (Å²) in [4.78, 5) is 14.4. The van der Waals surface area contributed by atoms with E-state index in [1.54, 1.807) is 6.92 Å². The van der Waals surface area contributed by atoms with Crippen molar-refractivity contribution in [2.75, 3.05) is 19.8 Å². The van der Waals surface area contributed by atoms with Crippen LogP contribution in [0.2, 0.25) is 0 Å². The van der Waals surface area contributed by atoms with Crippen molar-refractivity contribution in [2.24, 2.45) is 57.2 Å². The highest BCUT2D eigenvalue weighted by Gasteiger charge is 2.68. The lowest BCUT2D eigenvalue weighted by Crippen LogP contribution is -2.68. The van der Waals surface area contributed by atoms with E-state index < -0.39 is 152 Å². The number of esters is 1. The largest absolute Gasteiger partial charge is 0.432 e. The van der Waals surface area contributed by atoms with Gasteiger partial charge in [0.2, 0.25) is 6.29 Å². The summed E-state index contributed by atoms with van der Waals surface area (Å²) in [5.41, 5.74) is -1.10. The molecule has 21 unspecified atom stereocenters. The highest BCUT2D eigenvalue weighted by Crippen LogP contribution is 2.70. The maximum Gasteiger partial charge on any atom is 0.311 e. The van der Waals surface area contributed by atoms with Crippen molar-refractivity contribution in [2.45, 2.75) is 197 Å². The Morgan fingerprint density at radius 2 is 1.36 bits per heavy atom. The number of aliphatic hydroxyl groups excluding tert-OH is 13. The van der Waals surface area contributed by atoms with Crippen LogP contribution in [0.3, 0.4) is 0 Å². The molecule has 3 heterocycles. The fraction of sp³-hybridized carbons (Fsp3) is 0.936. The predicted octanol–water partition coefficient (Wildman–Crippen LogP) is -2.45. The Morgan fingerprint density at radius 1 is 0.716 bits per heavy atom. The van der Waals surface area contributed by atoms with Crippen LogP contribution in [0.5, 0.6) is 0 Å². The van der Waals surface area contributed by atoms with Crippen LogP contribution in [-0.2, 0) is 33.2 Å². The van der Waals surface area contributed by atoms with Crippen LogP contribution in [-0.4, -0.2) is 203 Å². The molecule has 0 aromatic heterocycles. The third-order valence-corrected chi connectivity index (χ3v) is 18.3. The number of carbonyl (C=O) groups excluding carboxylic acids is 1. The van der Waals surface area contributed by atoms with E-state index >= 15 is 0 Å². The molecular formula is C47H76O20. The third-order valence-electron chi connectivity index (χ3n) is 18.3. The lowest BCUT2D eigenvalue weighted by atomic mass is 9.38. The smallest absolute Gasteiger partial charge is 0.311 e. The van der Waals surface area contributed by atoms with E-state index in [9.17, 15) is 71.2 Å². The van der Waals surface area contributed by atoms with Crippen molar-refractivity contribution in [3.63, 3.8) is 0 Å². The van der Waals surface area contributed by atoms with E-state index in [4.69, 9.17) is 28.4 Å². The van der Waals surface area contributed by atoms with Gasteiger partial charge in [-0.15, -0.1) is 0 Å². The van der Waals surface area contributed by atoms with Gasteiger partial charge >= 0.3 is 5.97 Å². The summed E-state index contributed by atoms with van der Waals surface area (Å²) in [5.74, 6) is -1.79. The third kappa shape index (κ3) is 8.66. The van der Waals surface area contributed by atoms with Gasteiger partial charge in [-0.25, -0.2) is 0 Å². The van der Waals surface area contributed by atoms with Crippen LogP contribution >= 0.6 is 0 Å². The Labute approximate surface area is 390 Å². The van der Waals surface area contributed by atoms with Crippen molar-refractivity contribution in [3.8, 4) is 0 Å². The molecule has 0 bridgehead atoms. The lowest BCUT2D eigenvalue weighted by molar-refractivity contribution is -0.361. The molecule has 7 fully saturated rings. The molecule has 67 heavy (non-hydrogen) atoms. The lowest BCUT2D eigenvalue weighted by Gasteiger charge is -2.68. The molecule has 0 spiro atoms. The molecule has 4 saturated carbocycles. The average molecular weight is 961 g/mol. The molecule has 384 valence electrons. The van der Waals surface area contributed by atoms with Gasteiger partial charge < -0.3 is 94.8 Å². The van der Waals surface area contributed by atoms with Gasteiger partial charge in [0, 0.05) is 11.3 Å². The summed E-state index contributed by atoms with van der Waals surface area (Å²) in [7, 11) is 0. The van der Waals surface area contributed by atoms with E-state index in [1.165, 1.54) is 12.5 Å². The number of ether oxygens (including phenoxy) is 6. The minimum atomic E-state index is -1.87. The quantitative estimate of drug-likeness (QED) is 0.0843. The molecule has 3 aliphatic heterocycles. The number of hydrogen-bond donors (Lipinski definition) is 13. The minimum Gasteiger partial charge on any atom is -0.432 e. The second kappa shape index (κ2) is 18.8. The van der Waals surface area contributed by atoms with Crippen molar-refractivity contribution < 1.29 is 99.6 Å². The molecule has 0 aromatic carbocycles. The van der Waals surface area contributed by atoms with Gasteiger partial charge in [-0.2, -0.15) is 0 Å². The van der Waals surface area contributed by atoms with Gasteiger partial charge in [0.25, 0.3) is 0 Å². The van der Waals surface area contributed by atoms with Gasteiger partial charge in [0.1, 0.15) is 67.1 Å². The van der Waals surface area contributed by atoms with E-state index in [0.29, 0.717) is 38.5 Å². The van der Waals surface area contributed by atoms with E-state index in [0.717, 1.165) is 6.42 Å². The zero-order valence-electron chi connectivity index (χ0n) is 39.2. The summed E-state index contributed by atoms with van der Waals surface area (Å²) in [5, 5.41) is 141. The fourth-order valence-electron chi connectivity index (χ4n) is 14.8. The van der Waals surface area contributed by atoms with Crippen LogP contribution in [0.25, 0.3) is 0 Å². The first kappa shape index (κ1) is 51.8. The van der Waals surface area contributed by atoms with Crippen LogP contribution < -0.4 is 0 Å². The molecule has 3 saturated heterocycles. The Kier molecular flexibility index (Phi) is 14.6.